The van der Waals surface area contributed by atoms with Gasteiger partial charge in [0.2, 0.25) is 5.89 Å². The highest BCUT2D eigenvalue weighted by Gasteiger charge is 2.32. The standard InChI is InChI=1S/C17H23N3O/c1-13-14(2)21-16(19-13)11-20-10-9-18-17(3,12-20)15-7-5-4-6-8-15/h4-8,18H,9-12H2,1-3H3. The van der Waals surface area contributed by atoms with E-state index in [1.54, 1.807) is 0 Å². The van der Waals surface area contributed by atoms with Crippen LogP contribution in [0.4, 0.5) is 0 Å². The lowest BCUT2D eigenvalue weighted by Gasteiger charge is -2.41. The maximum absolute atomic E-state index is 5.72. The summed E-state index contributed by atoms with van der Waals surface area (Å²) in [6.07, 6.45) is 0. The summed E-state index contributed by atoms with van der Waals surface area (Å²) in [6.45, 7) is 9.95. The molecule has 2 heterocycles. The van der Waals surface area contributed by atoms with Crippen molar-refractivity contribution in [3.63, 3.8) is 0 Å². The molecule has 1 atom stereocenters. The minimum atomic E-state index is -0.0177. The van der Waals surface area contributed by atoms with Crippen LogP contribution in [-0.4, -0.2) is 29.5 Å². The zero-order valence-corrected chi connectivity index (χ0v) is 13.0. The lowest BCUT2D eigenvalue weighted by Crippen LogP contribution is -2.56. The Bertz CT molecular complexity index is 588. The van der Waals surface area contributed by atoms with Crippen LogP contribution >= 0.6 is 0 Å². The molecule has 4 nitrogen and oxygen atoms in total. The van der Waals surface area contributed by atoms with Crippen LogP contribution in [0.1, 0.15) is 29.8 Å². The average molecular weight is 285 g/mol. The first-order chi connectivity index (χ1) is 10.1. The van der Waals surface area contributed by atoms with Crippen molar-refractivity contribution in [2.24, 2.45) is 0 Å². The molecule has 1 aromatic carbocycles. The van der Waals surface area contributed by atoms with Crippen molar-refractivity contribution in [1.82, 2.24) is 15.2 Å². The fourth-order valence-corrected chi connectivity index (χ4v) is 3.00. The Morgan fingerprint density at radius 3 is 2.71 bits per heavy atom. The Morgan fingerprint density at radius 2 is 2.05 bits per heavy atom. The highest BCUT2D eigenvalue weighted by atomic mass is 16.4. The van der Waals surface area contributed by atoms with Crippen molar-refractivity contribution in [1.29, 1.82) is 0 Å². The molecule has 1 N–H and O–H groups in total. The number of piperazine rings is 1. The van der Waals surface area contributed by atoms with E-state index in [2.05, 4.69) is 52.5 Å². The van der Waals surface area contributed by atoms with E-state index in [9.17, 15) is 0 Å². The molecule has 2 aromatic rings. The Labute approximate surface area is 126 Å². The largest absolute Gasteiger partial charge is 0.444 e. The number of aryl methyl sites for hydroxylation is 2. The van der Waals surface area contributed by atoms with E-state index in [0.717, 1.165) is 43.5 Å². The molecule has 4 heteroatoms. The maximum Gasteiger partial charge on any atom is 0.208 e. The Balaban J connectivity index is 1.74. The van der Waals surface area contributed by atoms with Crippen LogP contribution in [0, 0.1) is 13.8 Å². The second-order valence-corrected chi connectivity index (χ2v) is 6.08. The highest BCUT2D eigenvalue weighted by Crippen LogP contribution is 2.25. The summed E-state index contributed by atoms with van der Waals surface area (Å²) in [6, 6.07) is 10.6. The fraction of sp³-hybridized carbons (Fsp3) is 0.471. The molecule has 1 saturated heterocycles. The van der Waals surface area contributed by atoms with Gasteiger partial charge in [-0.1, -0.05) is 30.3 Å². The van der Waals surface area contributed by atoms with Crippen molar-refractivity contribution in [2.75, 3.05) is 19.6 Å². The lowest BCUT2D eigenvalue weighted by molar-refractivity contribution is 0.126. The van der Waals surface area contributed by atoms with Crippen molar-refractivity contribution >= 4 is 0 Å². The predicted molar refractivity (Wildman–Crippen MR) is 83.1 cm³/mol. The SMILES string of the molecule is Cc1nc(CN2CCNC(C)(c3ccccc3)C2)oc1C. The van der Waals surface area contributed by atoms with Crippen molar-refractivity contribution in [3.8, 4) is 0 Å². The van der Waals surface area contributed by atoms with Crippen LogP contribution in [-0.2, 0) is 12.1 Å². The second-order valence-electron chi connectivity index (χ2n) is 6.08. The number of hydrogen-bond acceptors (Lipinski definition) is 4. The zero-order valence-electron chi connectivity index (χ0n) is 13.0. The fourth-order valence-electron chi connectivity index (χ4n) is 3.00. The molecule has 0 bridgehead atoms. The number of oxazole rings is 1. The molecule has 1 aliphatic heterocycles. The maximum atomic E-state index is 5.72. The summed E-state index contributed by atoms with van der Waals surface area (Å²) in [5.41, 5.74) is 2.30. The average Bonchev–Trinajstić information content (AvgIpc) is 2.78. The highest BCUT2D eigenvalue weighted by molar-refractivity contribution is 5.25. The first-order valence-electron chi connectivity index (χ1n) is 7.53. The van der Waals surface area contributed by atoms with Crippen LogP contribution in [0.3, 0.4) is 0 Å². The number of nitrogens with one attached hydrogen (secondary N) is 1. The Hall–Kier alpha value is -1.65. The third-order valence-corrected chi connectivity index (χ3v) is 4.33. The van der Waals surface area contributed by atoms with Gasteiger partial charge >= 0.3 is 0 Å². The molecule has 1 aromatic heterocycles. The molecular weight excluding hydrogens is 262 g/mol. The normalized spacial score (nSPS) is 23.4. The first-order valence-corrected chi connectivity index (χ1v) is 7.53. The number of rotatable bonds is 3. The quantitative estimate of drug-likeness (QED) is 0.941. The number of benzene rings is 1. The van der Waals surface area contributed by atoms with Crippen molar-refractivity contribution < 1.29 is 4.42 Å². The third-order valence-electron chi connectivity index (χ3n) is 4.33. The minimum Gasteiger partial charge on any atom is -0.444 e. The van der Waals surface area contributed by atoms with Gasteiger partial charge in [0.05, 0.1) is 17.8 Å². The smallest absolute Gasteiger partial charge is 0.208 e. The van der Waals surface area contributed by atoms with Crippen LogP contribution in [0.15, 0.2) is 34.7 Å². The molecule has 1 fully saturated rings. The van der Waals surface area contributed by atoms with Crippen LogP contribution in [0.25, 0.3) is 0 Å². The van der Waals surface area contributed by atoms with Gasteiger partial charge in [-0.3, -0.25) is 4.90 Å². The van der Waals surface area contributed by atoms with E-state index in [1.807, 2.05) is 13.8 Å². The van der Waals surface area contributed by atoms with E-state index in [1.165, 1.54) is 5.56 Å². The van der Waals surface area contributed by atoms with Gasteiger partial charge in [-0.25, -0.2) is 4.98 Å². The summed E-state index contributed by atoms with van der Waals surface area (Å²) in [4.78, 5) is 6.91. The van der Waals surface area contributed by atoms with Crippen LogP contribution in [0.5, 0.6) is 0 Å². The minimum absolute atomic E-state index is 0.0177. The van der Waals surface area contributed by atoms with E-state index < -0.39 is 0 Å². The third kappa shape index (κ3) is 3.01. The van der Waals surface area contributed by atoms with Gasteiger partial charge in [0.25, 0.3) is 0 Å². The number of hydrogen-bond donors (Lipinski definition) is 1. The topological polar surface area (TPSA) is 41.3 Å². The molecule has 0 radical (unpaired) electrons. The first kappa shape index (κ1) is 14.3. The molecule has 21 heavy (non-hydrogen) atoms. The number of nitrogens with zero attached hydrogens (tertiary/aromatic N) is 2. The van der Waals surface area contributed by atoms with Crippen molar-refractivity contribution in [2.45, 2.75) is 32.9 Å². The van der Waals surface area contributed by atoms with Gasteiger partial charge in [-0.05, 0) is 26.3 Å². The molecule has 1 unspecified atom stereocenters. The lowest BCUT2D eigenvalue weighted by atomic mass is 9.89. The molecule has 3 rings (SSSR count). The molecule has 0 amide bonds. The second kappa shape index (κ2) is 5.62. The van der Waals surface area contributed by atoms with Gasteiger partial charge in [0.15, 0.2) is 0 Å². The molecule has 1 aliphatic rings. The summed E-state index contributed by atoms with van der Waals surface area (Å²) in [7, 11) is 0. The molecule has 0 spiro atoms. The van der Waals surface area contributed by atoms with Gasteiger partial charge in [0.1, 0.15) is 5.76 Å². The van der Waals surface area contributed by atoms with Gasteiger partial charge in [-0.2, -0.15) is 0 Å². The number of aromatic nitrogens is 1. The molecule has 112 valence electrons. The van der Waals surface area contributed by atoms with Crippen molar-refractivity contribution in [3.05, 3.63) is 53.2 Å². The van der Waals surface area contributed by atoms with Gasteiger partial charge in [-0.15, -0.1) is 0 Å². The Morgan fingerprint density at radius 1 is 1.29 bits per heavy atom. The summed E-state index contributed by atoms with van der Waals surface area (Å²) < 4.78 is 5.72. The monoisotopic (exact) mass is 285 g/mol. The summed E-state index contributed by atoms with van der Waals surface area (Å²) in [5.74, 6) is 1.74. The van der Waals surface area contributed by atoms with E-state index in [4.69, 9.17) is 4.42 Å². The van der Waals surface area contributed by atoms with Crippen LogP contribution in [0.2, 0.25) is 0 Å². The Kier molecular flexibility index (Phi) is 3.83. The molecule has 0 saturated carbocycles. The molecule has 0 aliphatic carbocycles. The van der Waals surface area contributed by atoms with Crippen LogP contribution < -0.4 is 5.32 Å². The van der Waals surface area contributed by atoms with E-state index >= 15 is 0 Å². The predicted octanol–water partition coefficient (Wildman–Crippen LogP) is 2.61. The molecular formula is C17H23N3O. The summed E-state index contributed by atoms with van der Waals surface area (Å²) in [5, 5.41) is 3.65. The van der Waals surface area contributed by atoms with E-state index in [0.29, 0.717) is 0 Å². The van der Waals surface area contributed by atoms with Gasteiger partial charge < -0.3 is 9.73 Å². The van der Waals surface area contributed by atoms with E-state index in [-0.39, 0.29) is 5.54 Å². The summed E-state index contributed by atoms with van der Waals surface area (Å²) >= 11 is 0. The van der Waals surface area contributed by atoms with Gasteiger partial charge in [0, 0.05) is 19.6 Å². The zero-order chi connectivity index (χ0) is 14.9.